The molecule has 1 N–H and O–H groups in total. The Hall–Kier alpha value is -0.840. The molecule has 0 aromatic heterocycles. The maximum atomic E-state index is 5.77. The van der Waals surface area contributed by atoms with Crippen LogP contribution in [0.4, 0.5) is 0 Å². The fourth-order valence-electron chi connectivity index (χ4n) is 1.86. The number of rotatable bonds is 6. The zero-order chi connectivity index (χ0) is 15.2. The van der Waals surface area contributed by atoms with Gasteiger partial charge in [-0.3, -0.25) is 0 Å². The summed E-state index contributed by atoms with van der Waals surface area (Å²) < 4.78 is 7.92. The minimum atomic E-state index is 0.286. The van der Waals surface area contributed by atoms with Crippen LogP contribution in [0.1, 0.15) is 18.1 Å². The summed E-state index contributed by atoms with van der Waals surface area (Å²) in [5.74, 6) is 0.917. The highest BCUT2D eigenvalue weighted by Crippen LogP contribution is 2.23. The van der Waals surface area contributed by atoms with Gasteiger partial charge in [-0.25, -0.2) is 0 Å². The minimum absolute atomic E-state index is 0.286. The van der Waals surface area contributed by atoms with E-state index in [2.05, 4.69) is 81.4 Å². The standard InChI is InChI=1S/C17H19Br2NO/c1-12-3-6-15(7-4-12)21-11-13(2)20-10-14-5-8-16(18)17(19)9-14/h3-9,13,20H,10-11H2,1-2H3. The molecule has 2 rings (SSSR count). The van der Waals surface area contributed by atoms with Crippen LogP contribution < -0.4 is 10.1 Å². The van der Waals surface area contributed by atoms with Crippen molar-refractivity contribution in [2.45, 2.75) is 26.4 Å². The van der Waals surface area contributed by atoms with Gasteiger partial charge in [-0.15, -0.1) is 0 Å². The molecule has 0 saturated carbocycles. The average molecular weight is 413 g/mol. The van der Waals surface area contributed by atoms with Crippen molar-refractivity contribution in [3.63, 3.8) is 0 Å². The van der Waals surface area contributed by atoms with Gasteiger partial charge in [-0.05, 0) is 75.5 Å². The molecule has 0 radical (unpaired) electrons. The second kappa shape index (κ2) is 7.97. The van der Waals surface area contributed by atoms with Crippen LogP contribution in [-0.4, -0.2) is 12.6 Å². The van der Waals surface area contributed by atoms with Crippen LogP contribution in [-0.2, 0) is 6.54 Å². The summed E-state index contributed by atoms with van der Waals surface area (Å²) in [5, 5.41) is 3.47. The molecule has 0 fully saturated rings. The van der Waals surface area contributed by atoms with Gasteiger partial charge in [0.15, 0.2) is 0 Å². The van der Waals surface area contributed by atoms with Gasteiger partial charge >= 0.3 is 0 Å². The van der Waals surface area contributed by atoms with E-state index < -0.39 is 0 Å². The molecule has 0 saturated heterocycles. The molecule has 0 aliphatic carbocycles. The molecular formula is C17H19Br2NO. The lowest BCUT2D eigenvalue weighted by Gasteiger charge is -2.15. The van der Waals surface area contributed by atoms with E-state index in [9.17, 15) is 0 Å². The van der Waals surface area contributed by atoms with Gasteiger partial charge in [0.05, 0.1) is 0 Å². The van der Waals surface area contributed by atoms with E-state index in [1.165, 1.54) is 11.1 Å². The molecule has 2 nitrogen and oxygen atoms in total. The van der Waals surface area contributed by atoms with Gasteiger partial charge in [0, 0.05) is 21.5 Å². The Labute approximate surface area is 143 Å². The molecular weight excluding hydrogens is 394 g/mol. The third kappa shape index (κ3) is 5.46. The van der Waals surface area contributed by atoms with Gasteiger partial charge in [0.2, 0.25) is 0 Å². The van der Waals surface area contributed by atoms with Crippen LogP contribution in [0.3, 0.4) is 0 Å². The quantitative estimate of drug-likeness (QED) is 0.714. The zero-order valence-electron chi connectivity index (χ0n) is 12.2. The lowest BCUT2D eigenvalue weighted by atomic mass is 10.2. The van der Waals surface area contributed by atoms with Gasteiger partial charge in [0.1, 0.15) is 12.4 Å². The van der Waals surface area contributed by atoms with Crippen molar-refractivity contribution in [1.29, 1.82) is 0 Å². The highest BCUT2D eigenvalue weighted by molar-refractivity contribution is 9.13. The summed E-state index contributed by atoms with van der Waals surface area (Å²) in [6, 6.07) is 14.7. The summed E-state index contributed by atoms with van der Waals surface area (Å²) >= 11 is 7.00. The fourth-order valence-corrected chi connectivity index (χ4v) is 2.53. The molecule has 0 aliphatic rings. The zero-order valence-corrected chi connectivity index (χ0v) is 15.4. The fraction of sp³-hybridized carbons (Fsp3) is 0.294. The van der Waals surface area contributed by atoms with Gasteiger partial charge in [-0.2, -0.15) is 0 Å². The molecule has 2 aromatic carbocycles. The van der Waals surface area contributed by atoms with Crippen molar-refractivity contribution in [3.8, 4) is 5.75 Å². The smallest absolute Gasteiger partial charge is 0.119 e. The van der Waals surface area contributed by atoms with Crippen molar-refractivity contribution >= 4 is 31.9 Å². The van der Waals surface area contributed by atoms with E-state index in [1.54, 1.807) is 0 Å². The first kappa shape index (κ1) is 16.5. The predicted molar refractivity (Wildman–Crippen MR) is 94.8 cm³/mol. The Morgan fingerprint density at radius 2 is 1.76 bits per heavy atom. The molecule has 112 valence electrons. The summed E-state index contributed by atoms with van der Waals surface area (Å²) in [4.78, 5) is 0. The Balaban J connectivity index is 1.77. The van der Waals surface area contributed by atoms with Crippen LogP contribution in [0, 0.1) is 6.92 Å². The highest BCUT2D eigenvalue weighted by Gasteiger charge is 2.04. The lowest BCUT2D eigenvalue weighted by molar-refractivity contribution is 0.272. The SMILES string of the molecule is Cc1ccc(OCC(C)NCc2ccc(Br)c(Br)c2)cc1. The molecule has 0 bridgehead atoms. The normalized spacial score (nSPS) is 12.2. The molecule has 0 spiro atoms. The summed E-state index contributed by atoms with van der Waals surface area (Å²) in [7, 11) is 0. The van der Waals surface area contributed by atoms with E-state index in [0.717, 1.165) is 21.2 Å². The molecule has 0 aliphatic heterocycles. The summed E-state index contributed by atoms with van der Waals surface area (Å²) in [6.45, 7) is 5.68. The monoisotopic (exact) mass is 411 g/mol. The Morgan fingerprint density at radius 3 is 2.43 bits per heavy atom. The first-order chi connectivity index (χ1) is 10.0. The van der Waals surface area contributed by atoms with E-state index >= 15 is 0 Å². The van der Waals surface area contributed by atoms with Crippen LogP contribution in [0.5, 0.6) is 5.75 Å². The number of hydrogen-bond acceptors (Lipinski definition) is 2. The topological polar surface area (TPSA) is 21.3 Å². The Kier molecular flexibility index (Phi) is 6.27. The number of halogens is 2. The number of nitrogens with one attached hydrogen (secondary N) is 1. The molecule has 1 atom stereocenters. The van der Waals surface area contributed by atoms with Gasteiger partial charge in [0.25, 0.3) is 0 Å². The third-order valence-electron chi connectivity index (χ3n) is 3.16. The van der Waals surface area contributed by atoms with E-state index in [1.807, 2.05) is 12.1 Å². The molecule has 0 amide bonds. The molecule has 1 unspecified atom stereocenters. The highest BCUT2D eigenvalue weighted by atomic mass is 79.9. The first-order valence-electron chi connectivity index (χ1n) is 6.91. The van der Waals surface area contributed by atoms with Crippen molar-refractivity contribution in [2.75, 3.05) is 6.61 Å². The molecule has 4 heteroatoms. The molecule has 21 heavy (non-hydrogen) atoms. The van der Waals surface area contributed by atoms with Crippen molar-refractivity contribution < 1.29 is 4.74 Å². The van der Waals surface area contributed by atoms with Crippen molar-refractivity contribution in [2.24, 2.45) is 0 Å². The predicted octanol–water partition coefficient (Wildman–Crippen LogP) is 5.08. The van der Waals surface area contributed by atoms with Crippen molar-refractivity contribution in [3.05, 3.63) is 62.5 Å². The second-order valence-corrected chi connectivity index (χ2v) is 6.86. The second-order valence-electron chi connectivity index (χ2n) is 5.15. The number of benzene rings is 2. The van der Waals surface area contributed by atoms with E-state index in [0.29, 0.717) is 6.61 Å². The molecule has 2 aromatic rings. The van der Waals surface area contributed by atoms with Crippen LogP contribution in [0.15, 0.2) is 51.4 Å². The van der Waals surface area contributed by atoms with Crippen LogP contribution in [0.2, 0.25) is 0 Å². The van der Waals surface area contributed by atoms with E-state index in [4.69, 9.17) is 4.74 Å². The number of ether oxygens (including phenoxy) is 1. The maximum absolute atomic E-state index is 5.77. The van der Waals surface area contributed by atoms with Crippen LogP contribution in [0.25, 0.3) is 0 Å². The first-order valence-corrected chi connectivity index (χ1v) is 8.50. The van der Waals surface area contributed by atoms with Gasteiger partial charge < -0.3 is 10.1 Å². The number of aryl methyl sites for hydroxylation is 1. The Morgan fingerprint density at radius 1 is 1.05 bits per heavy atom. The largest absolute Gasteiger partial charge is 0.492 e. The Bertz CT molecular complexity index is 584. The summed E-state index contributed by atoms with van der Waals surface area (Å²) in [5.41, 5.74) is 2.49. The maximum Gasteiger partial charge on any atom is 0.119 e. The number of hydrogen-bond donors (Lipinski definition) is 1. The van der Waals surface area contributed by atoms with Crippen molar-refractivity contribution in [1.82, 2.24) is 5.32 Å². The lowest BCUT2D eigenvalue weighted by Crippen LogP contribution is -2.31. The van der Waals surface area contributed by atoms with Crippen LogP contribution >= 0.6 is 31.9 Å². The minimum Gasteiger partial charge on any atom is -0.492 e. The molecule has 0 heterocycles. The third-order valence-corrected chi connectivity index (χ3v) is 5.04. The average Bonchev–Trinajstić information content (AvgIpc) is 2.48. The van der Waals surface area contributed by atoms with E-state index in [-0.39, 0.29) is 6.04 Å². The summed E-state index contributed by atoms with van der Waals surface area (Å²) in [6.07, 6.45) is 0. The van der Waals surface area contributed by atoms with Gasteiger partial charge in [-0.1, -0.05) is 23.8 Å².